The van der Waals surface area contributed by atoms with Gasteiger partial charge in [0, 0.05) is 31.7 Å². The van der Waals surface area contributed by atoms with Gasteiger partial charge in [-0.05, 0) is 49.4 Å². The molecule has 3 rings (SSSR count). The number of hydrogen-bond donors (Lipinski definition) is 1. The number of carbonyl (C=O) groups is 1. The monoisotopic (exact) mass is 391 g/mol. The van der Waals surface area contributed by atoms with Crippen molar-refractivity contribution in [2.45, 2.75) is 32.4 Å². The second-order valence-electron chi connectivity index (χ2n) is 7.13. The topological polar surface area (TPSA) is 45.2 Å². The van der Waals surface area contributed by atoms with Gasteiger partial charge in [0.25, 0.3) is 0 Å². The molecule has 150 valence electrons. The van der Waals surface area contributed by atoms with Crippen LogP contribution >= 0.6 is 0 Å². The molecular formula is C21H24F3N3O. The van der Waals surface area contributed by atoms with Crippen LogP contribution in [0.2, 0.25) is 0 Å². The third kappa shape index (κ3) is 5.03. The van der Waals surface area contributed by atoms with Crippen LogP contribution in [0.5, 0.6) is 0 Å². The number of nitrogens with zero attached hydrogens (tertiary/aromatic N) is 2. The van der Waals surface area contributed by atoms with Crippen LogP contribution in [0.3, 0.4) is 0 Å². The molecular weight excluding hydrogens is 367 g/mol. The Balaban J connectivity index is 1.45. The molecule has 28 heavy (non-hydrogen) atoms. The van der Waals surface area contributed by atoms with Crippen LogP contribution < -0.4 is 10.2 Å². The number of nitrogens with one attached hydrogen (secondary N) is 1. The van der Waals surface area contributed by atoms with Gasteiger partial charge in [0.1, 0.15) is 5.82 Å². The second kappa shape index (κ2) is 8.63. The van der Waals surface area contributed by atoms with Gasteiger partial charge in [-0.2, -0.15) is 13.2 Å². The van der Waals surface area contributed by atoms with Gasteiger partial charge in [-0.15, -0.1) is 0 Å². The maximum atomic E-state index is 12.6. The van der Waals surface area contributed by atoms with E-state index in [4.69, 9.17) is 0 Å². The van der Waals surface area contributed by atoms with Crippen LogP contribution in [0.1, 0.15) is 29.5 Å². The fraction of sp³-hybridized carbons (Fsp3) is 0.429. The third-order valence-corrected chi connectivity index (χ3v) is 5.22. The molecule has 1 amide bonds. The summed E-state index contributed by atoms with van der Waals surface area (Å²) in [5.41, 5.74) is 1.69. The minimum Gasteiger partial charge on any atom is -0.357 e. The first-order valence-corrected chi connectivity index (χ1v) is 9.45. The number of hydrogen-bond acceptors (Lipinski definition) is 3. The lowest BCUT2D eigenvalue weighted by atomic mass is 9.95. The predicted octanol–water partition coefficient (Wildman–Crippen LogP) is 3.98. The van der Waals surface area contributed by atoms with Gasteiger partial charge >= 0.3 is 6.18 Å². The smallest absolute Gasteiger partial charge is 0.357 e. The van der Waals surface area contributed by atoms with E-state index in [1.54, 1.807) is 0 Å². The molecule has 1 fully saturated rings. The van der Waals surface area contributed by atoms with Crippen LogP contribution in [-0.2, 0) is 17.4 Å². The standard InChI is InChI=1S/C21H24F3N3O/c1-15-4-2-3-5-16(15)8-11-25-20(28)17-9-12-27(13-10-17)19-7-6-18(14-26-19)21(22,23)24/h2-7,14,17H,8-13H2,1H3,(H,25,28). The number of aromatic nitrogens is 1. The molecule has 0 spiro atoms. The van der Waals surface area contributed by atoms with Crippen molar-refractivity contribution in [3.8, 4) is 0 Å². The first-order valence-electron chi connectivity index (χ1n) is 9.45. The molecule has 2 heterocycles. The van der Waals surface area contributed by atoms with Crippen LogP contribution in [0.4, 0.5) is 19.0 Å². The lowest BCUT2D eigenvalue weighted by Gasteiger charge is -2.32. The molecule has 1 aliphatic rings. The Morgan fingerprint density at radius 2 is 1.89 bits per heavy atom. The summed E-state index contributed by atoms with van der Waals surface area (Å²) in [5, 5.41) is 3.01. The number of rotatable bonds is 5. The Labute approximate surface area is 162 Å². The van der Waals surface area contributed by atoms with E-state index < -0.39 is 11.7 Å². The van der Waals surface area contributed by atoms with Gasteiger partial charge in [-0.1, -0.05) is 24.3 Å². The van der Waals surface area contributed by atoms with E-state index in [1.807, 2.05) is 17.0 Å². The normalized spacial score (nSPS) is 15.5. The Bertz CT molecular complexity index is 797. The Morgan fingerprint density at radius 1 is 1.18 bits per heavy atom. The predicted molar refractivity (Wildman–Crippen MR) is 102 cm³/mol. The van der Waals surface area contributed by atoms with Gasteiger partial charge in [0.2, 0.25) is 5.91 Å². The van der Waals surface area contributed by atoms with E-state index >= 15 is 0 Å². The van der Waals surface area contributed by atoms with Crippen LogP contribution in [0.25, 0.3) is 0 Å². The Hall–Kier alpha value is -2.57. The largest absolute Gasteiger partial charge is 0.417 e. The zero-order chi connectivity index (χ0) is 20.1. The molecule has 1 aliphatic heterocycles. The highest BCUT2D eigenvalue weighted by Gasteiger charge is 2.31. The van der Waals surface area contributed by atoms with Gasteiger partial charge in [0.05, 0.1) is 5.56 Å². The molecule has 0 radical (unpaired) electrons. The first-order chi connectivity index (χ1) is 13.3. The molecule has 1 N–H and O–H groups in total. The summed E-state index contributed by atoms with van der Waals surface area (Å²) in [6.07, 6.45) is -1.39. The van der Waals surface area contributed by atoms with E-state index in [-0.39, 0.29) is 11.8 Å². The first kappa shape index (κ1) is 20.2. The zero-order valence-corrected chi connectivity index (χ0v) is 15.8. The summed E-state index contributed by atoms with van der Waals surface area (Å²) < 4.78 is 37.9. The number of benzene rings is 1. The van der Waals surface area contributed by atoms with Gasteiger partial charge < -0.3 is 10.2 Å². The highest BCUT2D eigenvalue weighted by molar-refractivity contribution is 5.79. The van der Waals surface area contributed by atoms with Gasteiger partial charge in [-0.25, -0.2) is 4.98 Å². The van der Waals surface area contributed by atoms with E-state index in [9.17, 15) is 18.0 Å². The minimum atomic E-state index is -4.38. The van der Waals surface area contributed by atoms with E-state index in [2.05, 4.69) is 29.4 Å². The van der Waals surface area contributed by atoms with Crippen molar-refractivity contribution in [1.82, 2.24) is 10.3 Å². The van der Waals surface area contributed by atoms with Crippen LogP contribution in [-0.4, -0.2) is 30.5 Å². The Morgan fingerprint density at radius 3 is 2.50 bits per heavy atom. The maximum absolute atomic E-state index is 12.6. The van der Waals surface area contributed by atoms with Crippen molar-refractivity contribution >= 4 is 11.7 Å². The van der Waals surface area contributed by atoms with Gasteiger partial charge in [0.15, 0.2) is 0 Å². The summed E-state index contributed by atoms with van der Waals surface area (Å²) in [6, 6.07) is 10.6. The minimum absolute atomic E-state index is 0.0496. The molecule has 0 unspecified atom stereocenters. The number of pyridine rings is 1. The van der Waals surface area contributed by atoms with Crippen molar-refractivity contribution in [3.63, 3.8) is 0 Å². The summed E-state index contributed by atoms with van der Waals surface area (Å²) >= 11 is 0. The van der Waals surface area contributed by atoms with Crippen molar-refractivity contribution < 1.29 is 18.0 Å². The van der Waals surface area contributed by atoms with Crippen LogP contribution in [0.15, 0.2) is 42.6 Å². The number of halogens is 3. The Kier molecular flexibility index (Phi) is 6.21. The number of piperidine rings is 1. The van der Waals surface area contributed by atoms with Crippen molar-refractivity contribution in [2.75, 3.05) is 24.5 Å². The lowest BCUT2D eigenvalue weighted by molar-refractivity contribution is -0.137. The molecule has 0 atom stereocenters. The molecule has 1 aromatic carbocycles. The van der Waals surface area contributed by atoms with Crippen molar-refractivity contribution in [1.29, 1.82) is 0 Å². The van der Waals surface area contributed by atoms with Crippen LogP contribution in [0, 0.1) is 12.8 Å². The fourth-order valence-corrected chi connectivity index (χ4v) is 3.47. The summed E-state index contributed by atoms with van der Waals surface area (Å²) in [4.78, 5) is 18.3. The molecule has 4 nitrogen and oxygen atoms in total. The highest BCUT2D eigenvalue weighted by atomic mass is 19.4. The van der Waals surface area contributed by atoms with Gasteiger partial charge in [-0.3, -0.25) is 4.79 Å². The maximum Gasteiger partial charge on any atom is 0.417 e. The average Bonchev–Trinajstić information content (AvgIpc) is 2.69. The second-order valence-corrected chi connectivity index (χ2v) is 7.13. The molecule has 0 saturated carbocycles. The lowest BCUT2D eigenvalue weighted by Crippen LogP contribution is -2.41. The molecule has 0 bridgehead atoms. The SMILES string of the molecule is Cc1ccccc1CCNC(=O)C1CCN(c2ccc(C(F)(F)F)cn2)CC1. The number of carbonyl (C=O) groups excluding carboxylic acids is 1. The number of alkyl halides is 3. The zero-order valence-electron chi connectivity index (χ0n) is 15.8. The summed E-state index contributed by atoms with van der Waals surface area (Å²) in [7, 11) is 0. The fourth-order valence-electron chi connectivity index (χ4n) is 3.47. The average molecular weight is 391 g/mol. The number of aryl methyl sites for hydroxylation is 1. The summed E-state index contributed by atoms with van der Waals surface area (Å²) in [6.45, 7) is 3.87. The molecule has 0 aliphatic carbocycles. The third-order valence-electron chi connectivity index (χ3n) is 5.22. The quantitative estimate of drug-likeness (QED) is 0.839. The highest BCUT2D eigenvalue weighted by Crippen LogP contribution is 2.30. The number of anilines is 1. The number of amides is 1. The molecule has 2 aromatic rings. The van der Waals surface area contributed by atoms with Crippen molar-refractivity contribution in [2.24, 2.45) is 5.92 Å². The van der Waals surface area contributed by atoms with Crippen molar-refractivity contribution in [3.05, 3.63) is 59.3 Å². The molecule has 7 heteroatoms. The molecule has 1 aromatic heterocycles. The van der Waals surface area contributed by atoms with E-state index in [1.165, 1.54) is 17.2 Å². The summed E-state index contributed by atoms with van der Waals surface area (Å²) in [5.74, 6) is 0.502. The van der Waals surface area contributed by atoms with E-state index in [0.29, 0.717) is 38.3 Å². The molecule has 1 saturated heterocycles. The van der Waals surface area contributed by atoms with E-state index in [0.717, 1.165) is 18.7 Å².